The zero-order chi connectivity index (χ0) is 16.9. The summed E-state index contributed by atoms with van der Waals surface area (Å²) in [7, 11) is 0. The molecule has 1 aromatic carbocycles. The van der Waals surface area contributed by atoms with Crippen molar-refractivity contribution in [3.05, 3.63) is 35.4 Å². The Morgan fingerprint density at radius 2 is 1.58 bits per heavy atom. The quantitative estimate of drug-likeness (QED) is 0.525. The SMILES string of the molecule is CCCC1CCC(C2CCCCC2C(C)c2ccc(C)cc2)CC1. The highest BCUT2D eigenvalue weighted by atomic mass is 14.4. The van der Waals surface area contributed by atoms with Crippen molar-refractivity contribution >= 4 is 0 Å². The molecule has 134 valence electrons. The molecule has 2 saturated carbocycles. The Morgan fingerprint density at radius 1 is 0.917 bits per heavy atom. The lowest BCUT2D eigenvalue weighted by Gasteiger charge is -2.43. The lowest BCUT2D eigenvalue weighted by molar-refractivity contribution is 0.0973. The maximum absolute atomic E-state index is 2.51. The molecule has 0 radical (unpaired) electrons. The number of hydrogen-bond acceptors (Lipinski definition) is 0. The second kappa shape index (κ2) is 8.54. The average Bonchev–Trinajstić information content (AvgIpc) is 2.63. The predicted octanol–water partition coefficient (Wildman–Crippen LogP) is 7.51. The van der Waals surface area contributed by atoms with Crippen molar-refractivity contribution in [2.45, 2.75) is 90.9 Å². The van der Waals surface area contributed by atoms with E-state index in [9.17, 15) is 0 Å². The molecule has 0 aromatic heterocycles. The summed E-state index contributed by atoms with van der Waals surface area (Å²) in [6.45, 7) is 7.06. The summed E-state index contributed by atoms with van der Waals surface area (Å²) in [6, 6.07) is 9.40. The van der Waals surface area contributed by atoms with Crippen molar-refractivity contribution in [3.8, 4) is 0 Å². The van der Waals surface area contributed by atoms with E-state index in [4.69, 9.17) is 0 Å². The third-order valence-electron chi connectivity index (χ3n) is 7.31. The van der Waals surface area contributed by atoms with E-state index < -0.39 is 0 Å². The molecule has 24 heavy (non-hydrogen) atoms. The van der Waals surface area contributed by atoms with Crippen LogP contribution in [0.2, 0.25) is 0 Å². The fourth-order valence-electron chi connectivity index (χ4n) is 5.82. The monoisotopic (exact) mass is 326 g/mol. The van der Waals surface area contributed by atoms with Gasteiger partial charge in [0, 0.05) is 0 Å². The first-order chi connectivity index (χ1) is 11.7. The Morgan fingerprint density at radius 3 is 2.25 bits per heavy atom. The predicted molar refractivity (Wildman–Crippen MR) is 105 cm³/mol. The summed E-state index contributed by atoms with van der Waals surface area (Å²) in [5.41, 5.74) is 2.97. The number of rotatable bonds is 5. The van der Waals surface area contributed by atoms with Crippen LogP contribution in [0.3, 0.4) is 0 Å². The van der Waals surface area contributed by atoms with Gasteiger partial charge in [0.1, 0.15) is 0 Å². The maximum Gasteiger partial charge on any atom is -0.0159 e. The van der Waals surface area contributed by atoms with Crippen molar-refractivity contribution < 1.29 is 0 Å². The third-order valence-corrected chi connectivity index (χ3v) is 7.31. The molecule has 0 heterocycles. The Kier molecular flexibility index (Phi) is 6.42. The lowest BCUT2D eigenvalue weighted by Crippen LogP contribution is -2.32. The van der Waals surface area contributed by atoms with Gasteiger partial charge < -0.3 is 0 Å². The Hall–Kier alpha value is -0.780. The minimum atomic E-state index is 0.740. The largest absolute Gasteiger partial charge is 0.0654 e. The smallest absolute Gasteiger partial charge is 0.0159 e. The molecule has 0 nitrogen and oxygen atoms in total. The highest BCUT2D eigenvalue weighted by Gasteiger charge is 2.36. The minimum absolute atomic E-state index is 0.740. The van der Waals surface area contributed by atoms with Crippen LogP contribution in [0.25, 0.3) is 0 Å². The van der Waals surface area contributed by atoms with Gasteiger partial charge in [-0.25, -0.2) is 0 Å². The zero-order valence-electron chi connectivity index (χ0n) is 16.3. The molecule has 1 aromatic rings. The van der Waals surface area contributed by atoms with Crippen LogP contribution in [0.4, 0.5) is 0 Å². The molecule has 0 spiro atoms. The molecule has 0 N–H and O–H groups in total. The zero-order valence-corrected chi connectivity index (χ0v) is 16.3. The van der Waals surface area contributed by atoms with Crippen LogP contribution >= 0.6 is 0 Å². The first kappa shape index (κ1) is 18.0. The standard InChI is InChI=1S/C24H38/c1-4-7-20-12-16-22(17-13-20)24-9-6-5-8-23(24)19(3)21-14-10-18(2)11-15-21/h10-11,14-15,19-20,22-24H,4-9,12-13,16-17H2,1-3H3. The second-order valence-corrected chi connectivity index (χ2v) is 8.88. The van der Waals surface area contributed by atoms with E-state index in [0.29, 0.717) is 0 Å². The molecule has 3 unspecified atom stereocenters. The molecule has 3 atom stereocenters. The first-order valence-corrected chi connectivity index (χ1v) is 10.8. The van der Waals surface area contributed by atoms with Crippen LogP contribution < -0.4 is 0 Å². The Balaban J connectivity index is 1.66. The van der Waals surface area contributed by atoms with Gasteiger partial charge in [0.15, 0.2) is 0 Å². The van der Waals surface area contributed by atoms with Crippen LogP contribution in [0.15, 0.2) is 24.3 Å². The van der Waals surface area contributed by atoms with E-state index in [1.54, 1.807) is 5.56 Å². The van der Waals surface area contributed by atoms with E-state index in [2.05, 4.69) is 45.0 Å². The van der Waals surface area contributed by atoms with Crippen molar-refractivity contribution in [3.63, 3.8) is 0 Å². The van der Waals surface area contributed by atoms with Gasteiger partial charge in [-0.2, -0.15) is 0 Å². The fourth-order valence-corrected chi connectivity index (χ4v) is 5.82. The van der Waals surface area contributed by atoms with Gasteiger partial charge in [0.2, 0.25) is 0 Å². The van der Waals surface area contributed by atoms with Gasteiger partial charge in [-0.15, -0.1) is 0 Å². The highest BCUT2D eigenvalue weighted by molar-refractivity contribution is 5.25. The number of hydrogen-bond donors (Lipinski definition) is 0. The van der Waals surface area contributed by atoms with Crippen molar-refractivity contribution in [1.82, 2.24) is 0 Å². The van der Waals surface area contributed by atoms with Crippen LogP contribution in [0, 0.1) is 30.6 Å². The van der Waals surface area contributed by atoms with Crippen LogP contribution in [-0.4, -0.2) is 0 Å². The molecule has 3 rings (SSSR count). The molecule has 0 amide bonds. The van der Waals surface area contributed by atoms with Gasteiger partial charge in [0.05, 0.1) is 0 Å². The van der Waals surface area contributed by atoms with E-state index >= 15 is 0 Å². The number of benzene rings is 1. The van der Waals surface area contributed by atoms with Crippen LogP contribution in [-0.2, 0) is 0 Å². The summed E-state index contributed by atoms with van der Waals surface area (Å²) in [6.07, 6.45) is 14.8. The highest BCUT2D eigenvalue weighted by Crippen LogP contribution is 2.48. The van der Waals surface area contributed by atoms with Gasteiger partial charge in [0.25, 0.3) is 0 Å². The van der Waals surface area contributed by atoms with Gasteiger partial charge in [-0.1, -0.05) is 82.2 Å². The minimum Gasteiger partial charge on any atom is -0.0654 e. The summed E-state index contributed by atoms with van der Waals surface area (Å²) in [5.74, 6) is 4.73. The van der Waals surface area contributed by atoms with Crippen LogP contribution in [0.1, 0.15) is 95.1 Å². The molecular weight excluding hydrogens is 288 g/mol. The second-order valence-electron chi connectivity index (χ2n) is 8.88. The topological polar surface area (TPSA) is 0 Å². The van der Waals surface area contributed by atoms with Crippen LogP contribution in [0.5, 0.6) is 0 Å². The maximum atomic E-state index is 2.51. The third kappa shape index (κ3) is 4.24. The van der Waals surface area contributed by atoms with Crippen molar-refractivity contribution in [1.29, 1.82) is 0 Å². The van der Waals surface area contributed by atoms with E-state index in [1.165, 1.54) is 69.8 Å². The van der Waals surface area contributed by atoms with Crippen molar-refractivity contribution in [2.24, 2.45) is 23.7 Å². The summed E-state index contributed by atoms with van der Waals surface area (Å²) in [5, 5.41) is 0. The molecular formula is C24H38. The molecule has 2 fully saturated rings. The van der Waals surface area contributed by atoms with Gasteiger partial charge in [-0.05, 0) is 67.8 Å². The number of aryl methyl sites for hydroxylation is 1. The lowest BCUT2D eigenvalue weighted by atomic mass is 9.62. The molecule has 0 heteroatoms. The summed E-state index contributed by atoms with van der Waals surface area (Å²) in [4.78, 5) is 0. The van der Waals surface area contributed by atoms with E-state index in [0.717, 1.165) is 29.6 Å². The summed E-state index contributed by atoms with van der Waals surface area (Å²) < 4.78 is 0. The first-order valence-electron chi connectivity index (χ1n) is 10.8. The van der Waals surface area contributed by atoms with Gasteiger partial charge in [-0.3, -0.25) is 0 Å². The molecule has 0 bridgehead atoms. The molecule has 2 aliphatic carbocycles. The van der Waals surface area contributed by atoms with Crippen molar-refractivity contribution in [2.75, 3.05) is 0 Å². The van der Waals surface area contributed by atoms with E-state index in [1.807, 2.05) is 0 Å². The summed E-state index contributed by atoms with van der Waals surface area (Å²) >= 11 is 0. The molecule has 2 aliphatic rings. The van der Waals surface area contributed by atoms with E-state index in [-0.39, 0.29) is 0 Å². The Bertz CT molecular complexity index is 477. The average molecular weight is 327 g/mol. The Labute approximate surface area is 150 Å². The molecule has 0 saturated heterocycles. The van der Waals surface area contributed by atoms with Gasteiger partial charge >= 0.3 is 0 Å². The normalized spacial score (nSPS) is 32.5. The fraction of sp³-hybridized carbons (Fsp3) is 0.750. The molecule has 0 aliphatic heterocycles.